The summed E-state index contributed by atoms with van der Waals surface area (Å²) in [5, 5.41) is 0. The van der Waals surface area contributed by atoms with Gasteiger partial charge in [-0.15, -0.1) is 0 Å². The Morgan fingerprint density at radius 2 is 2.36 bits per heavy atom. The summed E-state index contributed by atoms with van der Waals surface area (Å²) < 4.78 is 5.13. The number of nitrogens with zero attached hydrogens (tertiary/aromatic N) is 1. The van der Waals surface area contributed by atoms with E-state index in [2.05, 4.69) is 22.6 Å². The largest absolute Gasteiger partial charge is 0.497 e. The van der Waals surface area contributed by atoms with E-state index in [0.717, 1.165) is 34.8 Å². The van der Waals surface area contributed by atoms with E-state index in [4.69, 9.17) is 4.74 Å². The number of methoxy groups -OCH3 is 1. The lowest BCUT2D eigenvalue weighted by molar-refractivity contribution is 0.415. The molecule has 0 atom stereocenters. The lowest BCUT2D eigenvalue weighted by Crippen LogP contribution is -1.87. The molecule has 2 aromatic rings. The molecule has 4 heteroatoms. The molecular formula is C10H12N2OS. The molecule has 1 aromatic heterocycles. The molecule has 1 N–H and O–H groups in total. The third-order valence-electron chi connectivity index (χ3n) is 2.09. The molecule has 1 aromatic carbocycles. The van der Waals surface area contributed by atoms with Crippen LogP contribution in [0.2, 0.25) is 0 Å². The number of rotatable bonds is 3. The van der Waals surface area contributed by atoms with Crippen molar-refractivity contribution in [2.75, 3.05) is 12.9 Å². The van der Waals surface area contributed by atoms with Crippen LogP contribution in [0.1, 0.15) is 5.82 Å². The fraction of sp³-hybridized carbons (Fsp3) is 0.300. The zero-order valence-electron chi connectivity index (χ0n) is 7.95. The van der Waals surface area contributed by atoms with Gasteiger partial charge in [0.15, 0.2) is 0 Å². The van der Waals surface area contributed by atoms with Gasteiger partial charge >= 0.3 is 0 Å². The standard InChI is InChI=1S/C10H12N2OS/c1-13-7-2-3-8-9(6-7)12-10(11-8)4-5-14/h2-3,6,14H,4-5H2,1H3,(H,11,12). The predicted octanol–water partition coefficient (Wildman–Crippen LogP) is 2.04. The van der Waals surface area contributed by atoms with E-state index in [-0.39, 0.29) is 0 Å². The third kappa shape index (κ3) is 1.70. The van der Waals surface area contributed by atoms with Gasteiger partial charge in [0.1, 0.15) is 11.6 Å². The van der Waals surface area contributed by atoms with Gasteiger partial charge in [-0.3, -0.25) is 0 Å². The average Bonchev–Trinajstić information content (AvgIpc) is 2.59. The number of aromatic nitrogens is 2. The molecule has 0 amide bonds. The van der Waals surface area contributed by atoms with E-state index in [1.807, 2.05) is 18.2 Å². The fourth-order valence-electron chi connectivity index (χ4n) is 1.39. The van der Waals surface area contributed by atoms with Crippen molar-refractivity contribution in [1.82, 2.24) is 9.97 Å². The van der Waals surface area contributed by atoms with Gasteiger partial charge < -0.3 is 9.72 Å². The van der Waals surface area contributed by atoms with Crippen molar-refractivity contribution in [2.45, 2.75) is 6.42 Å². The van der Waals surface area contributed by atoms with Crippen LogP contribution in [0, 0.1) is 0 Å². The number of hydrogen-bond acceptors (Lipinski definition) is 3. The van der Waals surface area contributed by atoms with Gasteiger partial charge in [-0.05, 0) is 17.9 Å². The quantitative estimate of drug-likeness (QED) is 0.757. The van der Waals surface area contributed by atoms with Crippen molar-refractivity contribution in [2.24, 2.45) is 0 Å². The van der Waals surface area contributed by atoms with E-state index in [1.54, 1.807) is 7.11 Å². The van der Waals surface area contributed by atoms with Gasteiger partial charge in [-0.25, -0.2) is 4.98 Å². The summed E-state index contributed by atoms with van der Waals surface area (Å²) >= 11 is 4.17. The minimum atomic E-state index is 0.803. The van der Waals surface area contributed by atoms with Gasteiger partial charge in [0, 0.05) is 12.5 Å². The monoisotopic (exact) mass is 208 g/mol. The minimum Gasteiger partial charge on any atom is -0.497 e. The minimum absolute atomic E-state index is 0.803. The van der Waals surface area contributed by atoms with Gasteiger partial charge in [0.2, 0.25) is 0 Å². The Hall–Kier alpha value is -1.16. The van der Waals surface area contributed by atoms with Gasteiger partial charge in [-0.2, -0.15) is 12.6 Å². The number of nitrogens with one attached hydrogen (secondary N) is 1. The number of benzene rings is 1. The lowest BCUT2D eigenvalue weighted by atomic mass is 10.3. The van der Waals surface area contributed by atoms with Crippen molar-refractivity contribution >= 4 is 23.7 Å². The molecule has 0 aliphatic heterocycles. The summed E-state index contributed by atoms with van der Waals surface area (Å²) in [6.45, 7) is 0. The van der Waals surface area contributed by atoms with Gasteiger partial charge in [0.05, 0.1) is 18.1 Å². The number of ether oxygens (including phenoxy) is 1. The van der Waals surface area contributed by atoms with Crippen molar-refractivity contribution in [1.29, 1.82) is 0 Å². The molecule has 0 radical (unpaired) electrons. The van der Waals surface area contributed by atoms with E-state index in [1.165, 1.54) is 0 Å². The van der Waals surface area contributed by atoms with Gasteiger partial charge in [0.25, 0.3) is 0 Å². The van der Waals surface area contributed by atoms with E-state index in [0.29, 0.717) is 0 Å². The second kappa shape index (κ2) is 3.92. The van der Waals surface area contributed by atoms with Crippen LogP contribution in [0.3, 0.4) is 0 Å². The molecule has 0 unspecified atom stereocenters. The van der Waals surface area contributed by atoms with Crippen molar-refractivity contribution in [3.8, 4) is 5.75 Å². The Bertz CT molecular complexity index is 439. The zero-order valence-corrected chi connectivity index (χ0v) is 8.84. The highest BCUT2D eigenvalue weighted by Crippen LogP contribution is 2.18. The third-order valence-corrected chi connectivity index (χ3v) is 2.31. The summed E-state index contributed by atoms with van der Waals surface area (Å²) in [4.78, 5) is 7.65. The Kier molecular flexibility index (Phi) is 2.63. The SMILES string of the molecule is COc1ccc2nc(CCS)[nH]c2c1. The number of imidazole rings is 1. The normalized spacial score (nSPS) is 10.7. The Labute approximate surface area is 87.9 Å². The first-order valence-corrected chi connectivity index (χ1v) is 5.10. The maximum atomic E-state index is 5.13. The topological polar surface area (TPSA) is 37.9 Å². The van der Waals surface area contributed by atoms with Crippen LogP contribution in [0.4, 0.5) is 0 Å². The smallest absolute Gasteiger partial charge is 0.121 e. The number of aromatic amines is 1. The maximum absolute atomic E-state index is 5.13. The maximum Gasteiger partial charge on any atom is 0.121 e. The molecule has 74 valence electrons. The molecule has 0 spiro atoms. The Balaban J connectivity index is 2.43. The van der Waals surface area contributed by atoms with Crippen molar-refractivity contribution in [3.63, 3.8) is 0 Å². The molecular weight excluding hydrogens is 196 g/mol. The van der Waals surface area contributed by atoms with E-state index in [9.17, 15) is 0 Å². The highest BCUT2D eigenvalue weighted by Gasteiger charge is 2.02. The first-order valence-electron chi connectivity index (χ1n) is 4.47. The Morgan fingerprint density at radius 3 is 3.07 bits per heavy atom. The average molecular weight is 208 g/mol. The first-order chi connectivity index (χ1) is 6.83. The number of fused-ring (bicyclic) bond motifs is 1. The first kappa shape index (κ1) is 9.40. The molecule has 0 fully saturated rings. The van der Waals surface area contributed by atoms with Crippen LogP contribution in [-0.2, 0) is 6.42 Å². The summed E-state index contributed by atoms with van der Waals surface area (Å²) in [6, 6.07) is 5.81. The zero-order chi connectivity index (χ0) is 9.97. The van der Waals surface area contributed by atoms with E-state index < -0.39 is 0 Å². The highest BCUT2D eigenvalue weighted by atomic mass is 32.1. The van der Waals surface area contributed by atoms with E-state index >= 15 is 0 Å². The molecule has 14 heavy (non-hydrogen) atoms. The lowest BCUT2D eigenvalue weighted by Gasteiger charge is -1.96. The number of H-pyrrole nitrogens is 1. The molecule has 0 aliphatic carbocycles. The van der Waals surface area contributed by atoms with Crippen LogP contribution in [0.15, 0.2) is 18.2 Å². The second-order valence-electron chi connectivity index (χ2n) is 3.04. The van der Waals surface area contributed by atoms with Crippen LogP contribution in [0.25, 0.3) is 11.0 Å². The van der Waals surface area contributed by atoms with Gasteiger partial charge in [-0.1, -0.05) is 0 Å². The van der Waals surface area contributed by atoms with Crippen molar-refractivity contribution < 1.29 is 4.74 Å². The van der Waals surface area contributed by atoms with Crippen LogP contribution in [-0.4, -0.2) is 22.8 Å². The Morgan fingerprint density at radius 1 is 1.50 bits per heavy atom. The molecule has 3 nitrogen and oxygen atoms in total. The van der Waals surface area contributed by atoms with Crippen LogP contribution >= 0.6 is 12.6 Å². The molecule has 0 saturated carbocycles. The summed E-state index contributed by atoms with van der Waals surface area (Å²) in [5.41, 5.74) is 1.99. The molecule has 1 heterocycles. The number of aryl methyl sites for hydroxylation is 1. The van der Waals surface area contributed by atoms with Crippen molar-refractivity contribution in [3.05, 3.63) is 24.0 Å². The van der Waals surface area contributed by atoms with Crippen LogP contribution in [0.5, 0.6) is 5.75 Å². The highest BCUT2D eigenvalue weighted by molar-refractivity contribution is 7.80. The number of hydrogen-bond donors (Lipinski definition) is 2. The molecule has 0 saturated heterocycles. The fourth-order valence-corrected chi connectivity index (χ4v) is 1.60. The number of thiol groups is 1. The predicted molar refractivity (Wildman–Crippen MR) is 60.2 cm³/mol. The summed E-state index contributed by atoms with van der Waals surface area (Å²) in [6.07, 6.45) is 0.861. The second-order valence-corrected chi connectivity index (χ2v) is 3.49. The molecule has 0 aliphatic rings. The molecule has 0 bridgehead atoms. The summed E-state index contributed by atoms with van der Waals surface area (Å²) in [5.74, 6) is 2.62. The summed E-state index contributed by atoms with van der Waals surface area (Å²) in [7, 11) is 1.66. The van der Waals surface area contributed by atoms with Crippen LogP contribution < -0.4 is 4.74 Å². The molecule has 2 rings (SSSR count).